The number of carbonyl (C=O) groups is 1. The summed E-state index contributed by atoms with van der Waals surface area (Å²) in [6.07, 6.45) is 1.86. The predicted molar refractivity (Wildman–Crippen MR) is 92.3 cm³/mol. The molecule has 0 aliphatic carbocycles. The van der Waals surface area contributed by atoms with E-state index < -0.39 is 11.9 Å². The smallest absolute Gasteiger partial charge is 0.377 e. The number of piperidine rings is 1. The van der Waals surface area contributed by atoms with Crippen LogP contribution in [0.4, 0.5) is 13.2 Å². The molecule has 4 heterocycles. The zero-order chi connectivity index (χ0) is 19.1. The molecule has 1 spiro atoms. The molecule has 1 aromatic heterocycles. The van der Waals surface area contributed by atoms with Crippen molar-refractivity contribution in [1.29, 1.82) is 0 Å². The molecule has 27 heavy (non-hydrogen) atoms. The van der Waals surface area contributed by atoms with E-state index in [2.05, 4.69) is 9.88 Å². The highest BCUT2D eigenvalue weighted by atomic mass is 19.4. The van der Waals surface area contributed by atoms with Gasteiger partial charge in [0.2, 0.25) is 0 Å². The summed E-state index contributed by atoms with van der Waals surface area (Å²) in [4.78, 5) is 20.3. The average molecular weight is 383 g/mol. The van der Waals surface area contributed by atoms with Crippen molar-refractivity contribution in [3.05, 3.63) is 29.6 Å². The van der Waals surface area contributed by atoms with Gasteiger partial charge >= 0.3 is 6.18 Å². The van der Waals surface area contributed by atoms with Crippen molar-refractivity contribution >= 4 is 5.91 Å². The highest BCUT2D eigenvalue weighted by Crippen LogP contribution is 2.40. The quantitative estimate of drug-likeness (QED) is 0.805. The fraction of sp³-hybridized carbons (Fsp3) is 0.684. The number of amides is 1. The van der Waals surface area contributed by atoms with Gasteiger partial charge in [-0.05, 0) is 44.2 Å². The van der Waals surface area contributed by atoms with Gasteiger partial charge in [0.15, 0.2) is 0 Å². The molecular formula is C19H24F3N3O2. The van der Waals surface area contributed by atoms with E-state index in [1.807, 2.05) is 0 Å². The molecule has 3 saturated heterocycles. The van der Waals surface area contributed by atoms with Gasteiger partial charge in [-0.3, -0.25) is 14.7 Å². The van der Waals surface area contributed by atoms with Crippen molar-refractivity contribution in [2.45, 2.75) is 49.9 Å². The van der Waals surface area contributed by atoms with Gasteiger partial charge in [-0.15, -0.1) is 0 Å². The maximum Gasteiger partial charge on any atom is 0.433 e. The fourth-order valence-electron chi connectivity index (χ4n) is 4.55. The van der Waals surface area contributed by atoms with Crippen molar-refractivity contribution in [3.63, 3.8) is 0 Å². The Bertz CT molecular complexity index is 706. The molecule has 3 aliphatic heterocycles. The van der Waals surface area contributed by atoms with Crippen LogP contribution in [0.5, 0.6) is 0 Å². The summed E-state index contributed by atoms with van der Waals surface area (Å²) >= 11 is 0. The number of nitrogens with zero attached hydrogens (tertiary/aromatic N) is 3. The molecule has 0 saturated carbocycles. The Hall–Kier alpha value is -1.67. The highest BCUT2D eigenvalue weighted by molar-refractivity contribution is 5.94. The summed E-state index contributed by atoms with van der Waals surface area (Å²) in [6.45, 7) is 3.85. The molecule has 0 bridgehead atoms. The Labute approximate surface area is 156 Å². The summed E-state index contributed by atoms with van der Waals surface area (Å²) in [5.74, 6) is -0.342. The normalized spacial score (nSPS) is 29.1. The highest BCUT2D eigenvalue weighted by Gasteiger charge is 2.48. The van der Waals surface area contributed by atoms with E-state index in [4.69, 9.17) is 4.74 Å². The third-order valence-electron chi connectivity index (χ3n) is 6.11. The summed E-state index contributed by atoms with van der Waals surface area (Å²) in [6, 6.07) is 2.22. The van der Waals surface area contributed by atoms with Gasteiger partial charge in [-0.2, -0.15) is 13.2 Å². The van der Waals surface area contributed by atoms with Crippen LogP contribution in [-0.2, 0) is 10.9 Å². The third-order valence-corrected chi connectivity index (χ3v) is 6.11. The van der Waals surface area contributed by atoms with Gasteiger partial charge in [0.25, 0.3) is 5.91 Å². The first-order valence-electron chi connectivity index (χ1n) is 9.57. The Morgan fingerprint density at radius 2 is 2.15 bits per heavy atom. The molecule has 148 valence electrons. The number of hydrogen-bond acceptors (Lipinski definition) is 4. The van der Waals surface area contributed by atoms with Crippen LogP contribution in [0.2, 0.25) is 0 Å². The Morgan fingerprint density at radius 1 is 1.30 bits per heavy atom. The van der Waals surface area contributed by atoms with Crippen molar-refractivity contribution in [3.8, 4) is 0 Å². The molecular weight excluding hydrogens is 359 g/mol. The van der Waals surface area contributed by atoms with Crippen LogP contribution in [0.15, 0.2) is 18.3 Å². The molecule has 8 heteroatoms. The molecule has 0 N–H and O–H groups in total. The monoisotopic (exact) mass is 383 g/mol. The standard InChI is InChI=1S/C19H24F3N3O2/c20-19(21,22)16-11-14(4-7-23-16)17(26)24-8-2-5-18(13-24)6-9-25(18)12-15-3-1-10-27-15/h4,7,11,15H,1-3,5-6,8-10,12-13H2/t15-,18+/m0/s1. The zero-order valence-electron chi connectivity index (χ0n) is 15.2. The van der Waals surface area contributed by atoms with E-state index in [0.717, 1.165) is 64.1 Å². The van der Waals surface area contributed by atoms with Crippen LogP contribution < -0.4 is 0 Å². The van der Waals surface area contributed by atoms with Crippen molar-refractivity contribution in [2.24, 2.45) is 0 Å². The number of hydrogen-bond donors (Lipinski definition) is 0. The molecule has 1 aromatic rings. The number of rotatable bonds is 3. The van der Waals surface area contributed by atoms with Crippen LogP contribution >= 0.6 is 0 Å². The largest absolute Gasteiger partial charge is 0.433 e. The first-order valence-corrected chi connectivity index (χ1v) is 9.57. The molecule has 0 unspecified atom stereocenters. The molecule has 4 rings (SSSR count). The number of carbonyl (C=O) groups excluding carboxylic acids is 1. The number of ether oxygens (including phenoxy) is 1. The van der Waals surface area contributed by atoms with Crippen molar-refractivity contribution < 1.29 is 22.7 Å². The van der Waals surface area contributed by atoms with Crippen LogP contribution in [0.25, 0.3) is 0 Å². The van der Waals surface area contributed by atoms with Gasteiger partial charge in [-0.25, -0.2) is 0 Å². The van der Waals surface area contributed by atoms with Crippen molar-refractivity contribution in [1.82, 2.24) is 14.8 Å². The number of aromatic nitrogens is 1. The molecule has 0 radical (unpaired) electrons. The Morgan fingerprint density at radius 3 is 2.81 bits per heavy atom. The molecule has 5 nitrogen and oxygen atoms in total. The molecule has 1 amide bonds. The maximum absolute atomic E-state index is 12.9. The average Bonchev–Trinajstić information content (AvgIpc) is 3.18. The van der Waals surface area contributed by atoms with Crippen molar-refractivity contribution in [2.75, 3.05) is 32.8 Å². The lowest BCUT2D eigenvalue weighted by atomic mass is 9.77. The lowest BCUT2D eigenvalue weighted by Crippen LogP contribution is -2.68. The second-order valence-electron chi connectivity index (χ2n) is 7.81. The first kappa shape index (κ1) is 18.7. The van der Waals surface area contributed by atoms with E-state index in [-0.39, 0.29) is 23.1 Å². The summed E-state index contributed by atoms with van der Waals surface area (Å²) < 4.78 is 44.4. The summed E-state index contributed by atoms with van der Waals surface area (Å²) in [7, 11) is 0. The number of likely N-dealkylation sites (tertiary alicyclic amines) is 2. The van der Waals surface area contributed by atoms with Gasteiger partial charge in [0, 0.05) is 50.1 Å². The van der Waals surface area contributed by atoms with Gasteiger partial charge in [0.1, 0.15) is 5.69 Å². The van der Waals surface area contributed by atoms with Crippen LogP contribution in [0.1, 0.15) is 48.2 Å². The van der Waals surface area contributed by atoms with E-state index in [1.54, 1.807) is 4.90 Å². The molecule has 2 atom stereocenters. The van der Waals surface area contributed by atoms with Gasteiger partial charge in [0.05, 0.1) is 6.10 Å². The number of pyridine rings is 1. The van der Waals surface area contributed by atoms with E-state index >= 15 is 0 Å². The van der Waals surface area contributed by atoms with Gasteiger partial charge < -0.3 is 9.64 Å². The second kappa shape index (κ2) is 7.05. The van der Waals surface area contributed by atoms with E-state index in [9.17, 15) is 18.0 Å². The fourth-order valence-corrected chi connectivity index (χ4v) is 4.55. The maximum atomic E-state index is 12.9. The lowest BCUT2D eigenvalue weighted by Gasteiger charge is -2.57. The summed E-state index contributed by atoms with van der Waals surface area (Å²) in [5.41, 5.74) is -1.01. The van der Waals surface area contributed by atoms with Crippen LogP contribution in [0.3, 0.4) is 0 Å². The number of halogens is 3. The van der Waals surface area contributed by atoms with Gasteiger partial charge in [-0.1, -0.05) is 0 Å². The lowest BCUT2D eigenvalue weighted by molar-refractivity contribution is -0.141. The minimum absolute atomic E-state index is 0.0419. The first-order chi connectivity index (χ1) is 12.9. The van der Waals surface area contributed by atoms with E-state index in [1.165, 1.54) is 6.07 Å². The minimum Gasteiger partial charge on any atom is -0.377 e. The topological polar surface area (TPSA) is 45.7 Å². The Balaban J connectivity index is 1.46. The Kier molecular flexibility index (Phi) is 4.88. The number of alkyl halides is 3. The summed E-state index contributed by atoms with van der Waals surface area (Å²) in [5, 5.41) is 0. The zero-order valence-corrected chi connectivity index (χ0v) is 15.2. The SMILES string of the molecule is O=C(c1ccnc(C(F)(F)F)c1)N1CCC[C@@]2(CCN2C[C@@H]2CCCO2)C1. The second-order valence-corrected chi connectivity index (χ2v) is 7.81. The molecule has 0 aromatic carbocycles. The third kappa shape index (κ3) is 3.69. The molecule has 3 aliphatic rings. The van der Waals surface area contributed by atoms with Crippen LogP contribution in [0, 0.1) is 0 Å². The van der Waals surface area contributed by atoms with Crippen LogP contribution in [-0.4, -0.2) is 65.1 Å². The minimum atomic E-state index is -4.55. The molecule has 3 fully saturated rings. The predicted octanol–water partition coefficient (Wildman–Crippen LogP) is 2.96. The van der Waals surface area contributed by atoms with E-state index in [0.29, 0.717) is 13.1 Å².